The number of nitrogens with zero attached hydrogens (tertiary/aromatic N) is 2. The van der Waals surface area contributed by atoms with Gasteiger partial charge in [0.15, 0.2) is 0 Å². The van der Waals surface area contributed by atoms with Crippen LogP contribution in [-0.2, 0) is 16.6 Å². The molecule has 0 amide bonds. The summed E-state index contributed by atoms with van der Waals surface area (Å²) in [5, 5.41) is 10.3. The second-order valence-corrected chi connectivity index (χ2v) is 7.49. The topological polar surface area (TPSA) is 80.5 Å². The first-order chi connectivity index (χ1) is 10.8. The highest BCUT2D eigenvalue weighted by Crippen LogP contribution is 2.31. The molecule has 122 valence electrons. The Morgan fingerprint density at radius 1 is 1.13 bits per heavy atom. The van der Waals surface area contributed by atoms with Gasteiger partial charge in [0, 0.05) is 6.07 Å². The quantitative estimate of drug-likeness (QED) is 0.437. The lowest BCUT2D eigenvalue weighted by atomic mass is 10.2. The Labute approximate surface area is 143 Å². The Bertz CT molecular complexity index is 813. The Morgan fingerprint density at radius 3 is 2.35 bits per heavy atom. The van der Waals surface area contributed by atoms with Crippen LogP contribution in [0.3, 0.4) is 0 Å². The van der Waals surface area contributed by atoms with E-state index in [-0.39, 0.29) is 22.9 Å². The summed E-state index contributed by atoms with van der Waals surface area (Å²) in [5.74, 6) is 0. The molecule has 2 aromatic carbocycles. The maximum absolute atomic E-state index is 12.3. The number of halogens is 2. The summed E-state index contributed by atoms with van der Waals surface area (Å²) >= 11 is 11.3. The van der Waals surface area contributed by atoms with Gasteiger partial charge in [-0.2, -0.15) is 0 Å². The highest BCUT2D eigenvalue weighted by Gasteiger charge is 2.24. The van der Waals surface area contributed by atoms with E-state index in [9.17, 15) is 18.5 Å². The number of alkyl halides is 1. The van der Waals surface area contributed by atoms with E-state index in [2.05, 4.69) is 0 Å². The van der Waals surface area contributed by atoms with Gasteiger partial charge in [-0.25, -0.2) is 8.42 Å². The number of hydrogen-bond acceptors (Lipinski definition) is 4. The van der Waals surface area contributed by atoms with Gasteiger partial charge >= 0.3 is 0 Å². The van der Waals surface area contributed by atoms with Crippen LogP contribution < -0.4 is 4.31 Å². The summed E-state index contributed by atoms with van der Waals surface area (Å²) in [6, 6.07) is 12.7. The lowest BCUT2D eigenvalue weighted by molar-refractivity contribution is -0.384. The monoisotopic (exact) mass is 374 g/mol. The molecular weight excluding hydrogens is 363 g/mol. The predicted octanol–water partition coefficient (Wildman–Crippen LogP) is 3.78. The van der Waals surface area contributed by atoms with E-state index in [0.717, 1.165) is 15.9 Å². The SMILES string of the molecule is O=[N+]([O-])c1cc(N(Cc2ccccc2)S(=O)(=O)CCl)ccc1Cl. The lowest BCUT2D eigenvalue weighted by Crippen LogP contribution is -2.31. The van der Waals surface area contributed by atoms with Gasteiger partial charge in [-0.15, -0.1) is 11.6 Å². The van der Waals surface area contributed by atoms with E-state index in [1.54, 1.807) is 30.3 Å². The van der Waals surface area contributed by atoms with Crippen molar-refractivity contribution in [1.82, 2.24) is 0 Å². The van der Waals surface area contributed by atoms with Crippen molar-refractivity contribution < 1.29 is 13.3 Å². The minimum Gasteiger partial charge on any atom is -0.265 e. The first-order valence-electron chi connectivity index (χ1n) is 6.39. The highest BCUT2D eigenvalue weighted by atomic mass is 35.5. The van der Waals surface area contributed by atoms with Gasteiger partial charge < -0.3 is 0 Å². The standard InChI is InChI=1S/C14H12Cl2N2O4S/c15-10-23(21,22)17(9-11-4-2-1-3-5-11)12-6-7-13(16)14(8-12)18(19)20/h1-8H,9-10H2. The van der Waals surface area contributed by atoms with Gasteiger partial charge in [-0.3, -0.25) is 14.4 Å². The van der Waals surface area contributed by atoms with Crippen molar-refractivity contribution in [2.75, 3.05) is 9.52 Å². The normalized spacial score (nSPS) is 11.2. The van der Waals surface area contributed by atoms with Gasteiger partial charge in [-0.1, -0.05) is 41.9 Å². The van der Waals surface area contributed by atoms with Gasteiger partial charge in [0.05, 0.1) is 17.2 Å². The number of nitro benzene ring substituents is 1. The molecule has 2 rings (SSSR count). The van der Waals surface area contributed by atoms with Gasteiger partial charge in [0.2, 0.25) is 10.0 Å². The summed E-state index contributed by atoms with van der Waals surface area (Å²) in [7, 11) is -3.83. The molecule has 9 heteroatoms. The number of nitro groups is 1. The van der Waals surface area contributed by atoms with Crippen molar-refractivity contribution in [1.29, 1.82) is 0 Å². The Morgan fingerprint density at radius 2 is 1.78 bits per heavy atom. The minimum atomic E-state index is -3.83. The zero-order valence-corrected chi connectivity index (χ0v) is 14.1. The highest BCUT2D eigenvalue weighted by molar-refractivity contribution is 7.93. The van der Waals surface area contributed by atoms with E-state index in [1.165, 1.54) is 12.1 Å². The average Bonchev–Trinajstić information content (AvgIpc) is 2.54. The van der Waals surface area contributed by atoms with Crippen LogP contribution in [0.4, 0.5) is 11.4 Å². The summed E-state index contributed by atoms with van der Waals surface area (Å²) < 4.78 is 25.5. The molecule has 0 saturated carbocycles. The maximum atomic E-state index is 12.3. The van der Waals surface area contributed by atoms with Crippen molar-refractivity contribution in [3.05, 3.63) is 69.2 Å². The van der Waals surface area contributed by atoms with Crippen LogP contribution in [0, 0.1) is 10.1 Å². The summed E-state index contributed by atoms with van der Waals surface area (Å²) in [6.45, 7) is 0.00861. The molecule has 0 aliphatic rings. The van der Waals surface area contributed by atoms with Crippen LogP contribution in [0.5, 0.6) is 0 Å². The molecule has 0 bridgehead atoms. The lowest BCUT2D eigenvalue weighted by Gasteiger charge is -2.23. The fourth-order valence-corrected chi connectivity index (χ4v) is 3.39. The van der Waals surface area contributed by atoms with Crippen LogP contribution in [0.2, 0.25) is 5.02 Å². The molecule has 0 atom stereocenters. The Hall–Kier alpha value is -1.83. The van der Waals surface area contributed by atoms with E-state index in [0.29, 0.717) is 0 Å². The van der Waals surface area contributed by atoms with Crippen LogP contribution in [0.25, 0.3) is 0 Å². The van der Waals surface area contributed by atoms with Crippen molar-refractivity contribution in [3.8, 4) is 0 Å². The van der Waals surface area contributed by atoms with E-state index in [4.69, 9.17) is 23.2 Å². The molecule has 2 aromatic rings. The molecule has 0 heterocycles. The third kappa shape index (κ3) is 4.13. The molecule has 0 N–H and O–H groups in total. The third-order valence-corrected chi connectivity index (χ3v) is 5.49. The Kier molecular flexibility index (Phi) is 5.46. The summed E-state index contributed by atoms with van der Waals surface area (Å²) in [5.41, 5.74) is 0.483. The largest absolute Gasteiger partial charge is 0.289 e. The average molecular weight is 375 g/mol. The number of sulfonamides is 1. The molecule has 0 aromatic heterocycles. The van der Waals surface area contributed by atoms with Crippen molar-refractivity contribution >= 4 is 44.6 Å². The summed E-state index contributed by atoms with van der Waals surface area (Å²) in [4.78, 5) is 10.3. The molecular formula is C14H12Cl2N2O4S. The number of hydrogen-bond donors (Lipinski definition) is 0. The number of rotatable bonds is 6. The molecule has 23 heavy (non-hydrogen) atoms. The van der Waals surface area contributed by atoms with Gasteiger partial charge in [0.25, 0.3) is 5.69 Å². The van der Waals surface area contributed by atoms with Crippen LogP contribution in [0.15, 0.2) is 48.5 Å². The second kappa shape index (κ2) is 7.16. The zero-order chi connectivity index (χ0) is 17.0. The Balaban J connectivity index is 2.50. The van der Waals surface area contributed by atoms with E-state index < -0.39 is 20.2 Å². The maximum Gasteiger partial charge on any atom is 0.289 e. The van der Waals surface area contributed by atoms with Crippen LogP contribution in [0.1, 0.15) is 5.56 Å². The molecule has 0 radical (unpaired) electrons. The van der Waals surface area contributed by atoms with Gasteiger partial charge in [-0.05, 0) is 17.7 Å². The van der Waals surface area contributed by atoms with Crippen molar-refractivity contribution in [2.24, 2.45) is 0 Å². The van der Waals surface area contributed by atoms with Crippen LogP contribution in [-0.4, -0.2) is 18.6 Å². The number of anilines is 1. The van der Waals surface area contributed by atoms with Crippen molar-refractivity contribution in [3.63, 3.8) is 0 Å². The molecule has 0 unspecified atom stereocenters. The molecule has 6 nitrogen and oxygen atoms in total. The first kappa shape index (κ1) is 17.5. The zero-order valence-electron chi connectivity index (χ0n) is 11.7. The second-order valence-electron chi connectivity index (χ2n) is 4.61. The molecule has 0 spiro atoms. The molecule has 0 aliphatic carbocycles. The summed E-state index contributed by atoms with van der Waals surface area (Å²) in [6.07, 6.45) is 0. The van der Waals surface area contributed by atoms with E-state index >= 15 is 0 Å². The van der Waals surface area contributed by atoms with Crippen molar-refractivity contribution in [2.45, 2.75) is 6.54 Å². The minimum absolute atomic E-state index is 0.00861. The van der Waals surface area contributed by atoms with E-state index in [1.807, 2.05) is 0 Å². The third-order valence-electron chi connectivity index (χ3n) is 3.06. The number of benzene rings is 2. The molecule has 0 saturated heterocycles. The van der Waals surface area contributed by atoms with Crippen LogP contribution >= 0.6 is 23.2 Å². The fraction of sp³-hybridized carbons (Fsp3) is 0.143. The molecule has 0 fully saturated rings. The van der Waals surface area contributed by atoms with Gasteiger partial charge in [0.1, 0.15) is 10.2 Å². The smallest absolute Gasteiger partial charge is 0.265 e. The molecule has 0 aliphatic heterocycles. The fourth-order valence-electron chi connectivity index (χ4n) is 1.95. The first-order valence-corrected chi connectivity index (χ1v) is 8.91. The predicted molar refractivity (Wildman–Crippen MR) is 90.4 cm³/mol.